The van der Waals surface area contributed by atoms with Crippen molar-refractivity contribution in [3.8, 4) is 16.9 Å². The number of nitrogens with zero attached hydrogens (tertiary/aromatic N) is 4. The lowest BCUT2D eigenvalue weighted by molar-refractivity contribution is -0.140. The first kappa shape index (κ1) is 28.2. The quantitative estimate of drug-likeness (QED) is 0.187. The zero-order chi connectivity index (χ0) is 28.2. The van der Waals surface area contributed by atoms with Crippen LogP contribution in [-0.4, -0.2) is 27.0 Å². The van der Waals surface area contributed by atoms with Gasteiger partial charge in [-0.2, -0.15) is 13.2 Å². The van der Waals surface area contributed by atoms with Crippen LogP contribution in [0.4, 0.5) is 18.9 Å². The predicted molar refractivity (Wildman–Crippen MR) is 144 cm³/mol. The topological polar surface area (TPSA) is 70.5 Å². The van der Waals surface area contributed by atoms with Crippen LogP contribution >= 0.6 is 11.3 Å². The lowest BCUT2D eigenvalue weighted by Crippen LogP contribution is -2.20. The molecule has 0 fully saturated rings. The van der Waals surface area contributed by atoms with Gasteiger partial charge >= 0.3 is 12.1 Å². The van der Waals surface area contributed by atoms with E-state index < -0.39 is 11.7 Å². The summed E-state index contributed by atoms with van der Waals surface area (Å²) in [7, 11) is 3.12. The van der Waals surface area contributed by atoms with E-state index in [2.05, 4.69) is 4.74 Å². The Morgan fingerprint density at radius 3 is 2.49 bits per heavy atom. The van der Waals surface area contributed by atoms with Crippen LogP contribution in [0.15, 0.2) is 69.8 Å². The van der Waals surface area contributed by atoms with Gasteiger partial charge in [-0.3, -0.25) is 14.3 Å². The Bertz CT molecular complexity index is 1580. The summed E-state index contributed by atoms with van der Waals surface area (Å²) in [5.74, 6) is -0.284. The van der Waals surface area contributed by atoms with Crippen molar-refractivity contribution in [2.75, 3.05) is 7.11 Å². The summed E-state index contributed by atoms with van der Waals surface area (Å²) in [4.78, 5) is 30.1. The Balaban J connectivity index is 1.77. The number of hydrogen-bond acceptors (Lipinski definition) is 5. The van der Waals surface area contributed by atoms with E-state index in [4.69, 9.17) is 4.99 Å². The van der Waals surface area contributed by atoms with E-state index in [1.54, 1.807) is 30.1 Å². The summed E-state index contributed by atoms with van der Waals surface area (Å²) in [6.45, 7) is 2.26. The summed E-state index contributed by atoms with van der Waals surface area (Å²) in [5.41, 5.74) is 1.57. The molecule has 0 bridgehead atoms. The number of halogens is 3. The Kier molecular flexibility index (Phi) is 8.59. The Hall–Kier alpha value is -3.86. The first-order chi connectivity index (χ1) is 18.6. The number of ether oxygens (including phenoxy) is 1. The number of thiazole rings is 1. The monoisotopic (exact) mass is 558 g/mol. The number of carbonyl (C=O) groups excluding carboxylic acids is 1. The molecule has 2 aromatic heterocycles. The van der Waals surface area contributed by atoms with E-state index in [1.165, 1.54) is 29.2 Å². The highest BCUT2D eigenvalue weighted by Gasteiger charge is 2.30. The molecule has 11 heteroatoms. The minimum Gasteiger partial charge on any atom is -0.469 e. The number of rotatable bonds is 9. The van der Waals surface area contributed by atoms with Crippen LogP contribution in [0.25, 0.3) is 16.9 Å². The number of para-hydroxylation sites is 1. The highest BCUT2D eigenvalue weighted by Crippen LogP contribution is 2.32. The SMILES string of the molecule is COC(=O)CCCCCn1c(-c2cccc(C(F)(F)F)c2)csc1=Nc1c(C)n(C)n(-c2ccccc2)c1=O. The normalized spacial score (nSPS) is 12.2. The molecule has 0 spiro atoms. The van der Waals surface area contributed by atoms with Crippen LogP contribution in [0.3, 0.4) is 0 Å². The lowest BCUT2D eigenvalue weighted by Gasteiger charge is -2.12. The molecular weight excluding hydrogens is 529 g/mol. The molecule has 0 N–H and O–H groups in total. The number of benzene rings is 2. The lowest BCUT2D eigenvalue weighted by atomic mass is 10.1. The minimum absolute atomic E-state index is 0.262. The molecule has 0 aliphatic rings. The van der Waals surface area contributed by atoms with Gasteiger partial charge in [0.1, 0.15) is 0 Å². The van der Waals surface area contributed by atoms with Crippen molar-refractivity contribution < 1.29 is 22.7 Å². The van der Waals surface area contributed by atoms with Gasteiger partial charge in [-0.05, 0) is 49.6 Å². The fourth-order valence-electron chi connectivity index (χ4n) is 4.32. The Morgan fingerprint density at radius 1 is 1.05 bits per heavy atom. The molecule has 2 heterocycles. The third kappa shape index (κ3) is 6.25. The second-order valence-electron chi connectivity index (χ2n) is 9.04. The fraction of sp³-hybridized carbons (Fsp3) is 0.321. The van der Waals surface area contributed by atoms with E-state index in [9.17, 15) is 22.8 Å². The van der Waals surface area contributed by atoms with Crippen molar-refractivity contribution in [2.24, 2.45) is 12.0 Å². The molecule has 0 amide bonds. The maximum absolute atomic E-state index is 13.4. The van der Waals surface area contributed by atoms with E-state index >= 15 is 0 Å². The van der Waals surface area contributed by atoms with Crippen LogP contribution < -0.4 is 10.4 Å². The molecule has 0 radical (unpaired) electrons. The zero-order valence-electron chi connectivity index (χ0n) is 21.9. The molecular formula is C28H29F3N4O3S. The van der Waals surface area contributed by atoms with Gasteiger partial charge in [-0.25, -0.2) is 9.67 Å². The summed E-state index contributed by atoms with van der Waals surface area (Å²) in [5, 5.41) is 1.76. The average molecular weight is 559 g/mol. The van der Waals surface area contributed by atoms with Gasteiger partial charge in [0.2, 0.25) is 0 Å². The highest BCUT2D eigenvalue weighted by atomic mass is 32.1. The second kappa shape index (κ2) is 11.9. The molecule has 0 saturated carbocycles. The number of aromatic nitrogens is 3. The summed E-state index contributed by atoms with van der Waals surface area (Å²) < 4.78 is 50.1. The predicted octanol–water partition coefficient (Wildman–Crippen LogP) is 6.00. The van der Waals surface area contributed by atoms with Gasteiger partial charge in [-0.1, -0.05) is 36.8 Å². The van der Waals surface area contributed by atoms with Crippen molar-refractivity contribution in [3.05, 3.63) is 86.4 Å². The largest absolute Gasteiger partial charge is 0.469 e. The smallest absolute Gasteiger partial charge is 0.416 e. The molecule has 4 aromatic rings. The third-order valence-electron chi connectivity index (χ3n) is 6.50. The number of carbonyl (C=O) groups is 1. The van der Waals surface area contributed by atoms with Gasteiger partial charge in [0.15, 0.2) is 10.5 Å². The molecule has 2 aromatic carbocycles. The van der Waals surface area contributed by atoms with Gasteiger partial charge in [0.25, 0.3) is 5.56 Å². The van der Waals surface area contributed by atoms with Crippen LogP contribution in [0.5, 0.6) is 0 Å². The fourth-order valence-corrected chi connectivity index (χ4v) is 5.26. The molecule has 39 heavy (non-hydrogen) atoms. The number of alkyl halides is 3. The van der Waals surface area contributed by atoms with Crippen LogP contribution in [0.2, 0.25) is 0 Å². The average Bonchev–Trinajstić information content (AvgIpc) is 3.42. The molecule has 0 aliphatic heterocycles. The van der Waals surface area contributed by atoms with Crippen molar-refractivity contribution >= 4 is 23.0 Å². The number of methoxy groups -OCH3 is 1. The molecule has 7 nitrogen and oxygen atoms in total. The van der Waals surface area contributed by atoms with E-state index in [-0.39, 0.29) is 17.2 Å². The molecule has 0 atom stereocenters. The molecule has 0 aliphatic carbocycles. The maximum atomic E-state index is 13.4. The standard InChI is InChI=1S/C28H29F3N4O3S/c1-19-25(26(37)35(33(19)2)22-13-6-4-7-14-22)32-27-34(16-9-5-8-15-24(36)38-3)23(18-39-27)20-11-10-12-21(17-20)28(29,30)31/h4,6-7,10-14,17-18H,5,8-9,15-16H2,1-3H3. The molecule has 206 valence electrons. The van der Waals surface area contributed by atoms with Crippen LogP contribution in [0, 0.1) is 6.92 Å². The zero-order valence-corrected chi connectivity index (χ0v) is 22.7. The summed E-state index contributed by atoms with van der Waals surface area (Å²) in [6.07, 6.45) is -2.17. The minimum atomic E-state index is -4.47. The number of esters is 1. The third-order valence-corrected chi connectivity index (χ3v) is 7.37. The van der Waals surface area contributed by atoms with Crippen molar-refractivity contribution in [1.82, 2.24) is 13.9 Å². The Labute approximate surface area is 227 Å². The van der Waals surface area contributed by atoms with E-state index in [0.717, 1.165) is 12.1 Å². The van der Waals surface area contributed by atoms with Crippen molar-refractivity contribution in [1.29, 1.82) is 0 Å². The molecule has 0 unspecified atom stereocenters. The number of unbranched alkanes of at least 4 members (excludes halogenated alkanes) is 2. The van der Waals surface area contributed by atoms with Gasteiger partial charge in [-0.15, -0.1) is 11.3 Å². The first-order valence-electron chi connectivity index (χ1n) is 12.4. The first-order valence-corrected chi connectivity index (χ1v) is 13.3. The summed E-state index contributed by atoms with van der Waals surface area (Å²) >= 11 is 1.26. The van der Waals surface area contributed by atoms with E-state index in [1.807, 2.05) is 34.9 Å². The van der Waals surface area contributed by atoms with Crippen molar-refractivity contribution in [3.63, 3.8) is 0 Å². The highest BCUT2D eigenvalue weighted by molar-refractivity contribution is 7.07. The van der Waals surface area contributed by atoms with Crippen LogP contribution in [0.1, 0.15) is 36.9 Å². The molecule has 0 saturated heterocycles. The Morgan fingerprint density at radius 2 is 1.79 bits per heavy atom. The van der Waals surface area contributed by atoms with Gasteiger partial charge in [0, 0.05) is 25.4 Å². The van der Waals surface area contributed by atoms with E-state index in [0.29, 0.717) is 59.7 Å². The molecule has 4 rings (SSSR count). The second-order valence-corrected chi connectivity index (χ2v) is 9.88. The van der Waals surface area contributed by atoms with Gasteiger partial charge in [0.05, 0.1) is 29.7 Å². The summed E-state index contributed by atoms with van der Waals surface area (Å²) in [6, 6.07) is 14.4. The maximum Gasteiger partial charge on any atom is 0.416 e. The van der Waals surface area contributed by atoms with Crippen LogP contribution in [-0.2, 0) is 29.3 Å². The van der Waals surface area contributed by atoms with Crippen molar-refractivity contribution in [2.45, 2.75) is 45.3 Å². The number of hydrogen-bond donors (Lipinski definition) is 0. The van der Waals surface area contributed by atoms with Gasteiger partial charge < -0.3 is 9.30 Å².